The maximum Gasteiger partial charge on any atom is 0.321 e. The Balaban J connectivity index is 1.27. The molecule has 3 fully saturated rings. The number of piperazine rings is 1. The quantitative estimate of drug-likeness (QED) is 0.754. The third-order valence-corrected chi connectivity index (χ3v) is 6.42. The summed E-state index contributed by atoms with van der Waals surface area (Å²) in [5.41, 5.74) is 1.01. The molecule has 168 valence electrons. The number of nitrogens with zero attached hydrogens (tertiary/aromatic N) is 3. The molecular formula is C23H26FN5O3. The Kier molecular flexibility index (Phi) is 5.44. The lowest BCUT2D eigenvalue weighted by Gasteiger charge is -2.62. The van der Waals surface area contributed by atoms with Gasteiger partial charge in [0.1, 0.15) is 5.82 Å². The Morgan fingerprint density at radius 3 is 2.25 bits per heavy atom. The Morgan fingerprint density at radius 2 is 1.53 bits per heavy atom. The summed E-state index contributed by atoms with van der Waals surface area (Å²) in [6, 6.07) is 14.8. The topological polar surface area (TPSA) is 77.2 Å². The number of anilines is 2. The number of amides is 4. The predicted octanol–water partition coefficient (Wildman–Crippen LogP) is 2.66. The number of hydrogen-bond acceptors (Lipinski definition) is 4. The van der Waals surface area contributed by atoms with Crippen LogP contribution < -0.4 is 10.6 Å². The molecule has 2 N–H and O–H groups in total. The molecule has 1 atom stereocenters. The number of fused-ring (bicyclic) bond motifs is 2. The highest BCUT2D eigenvalue weighted by molar-refractivity contribution is 5.91. The molecule has 0 radical (unpaired) electrons. The van der Waals surface area contributed by atoms with E-state index < -0.39 is 0 Å². The number of hydrogen-bond donors (Lipinski definition) is 2. The van der Waals surface area contributed by atoms with Crippen molar-refractivity contribution in [3.63, 3.8) is 0 Å². The number of carbonyl (C=O) groups is 2. The van der Waals surface area contributed by atoms with Crippen LogP contribution in [0.25, 0.3) is 0 Å². The molecule has 3 aliphatic heterocycles. The van der Waals surface area contributed by atoms with E-state index in [1.165, 1.54) is 24.3 Å². The van der Waals surface area contributed by atoms with Gasteiger partial charge in [0.2, 0.25) is 0 Å². The van der Waals surface area contributed by atoms with Gasteiger partial charge in [-0.1, -0.05) is 18.2 Å². The molecule has 8 nitrogen and oxygen atoms in total. The molecule has 0 bridgehead atoms. The summed E-state index contributed by atoms with van der Waals surface area (Å²) >= 11 is 0. The van der Waals surface area contributed by atoms with E-state index in [0.29, 0.717) is 45.1 Å². The maximum absolute atomic E-state index is 13.1. The highest BCUT2D eigenvalue weighted by Crippen LogP contribution is 2.36. The summed E-state index contributed by atoms with van der Waals surface area (Å²) in [7, 11) is 0. The number of likely N-dealkylation sites (tertiary alicyclic amines) is 1. The average Bonchev–Trinajstić information content (AvgIpc) is 2.79. The zero-order chi connectivity index (χ0) is 22.1. The molecule has 5 rings (SSSR count). The van der Waals surface area contributed by atoms with Crippen molar-refractivity contribution in [3.05, 3.63) is 60.4 Å². The summed E-state index contributed by atoms with van der Waals surface area (Å²) < 4.78 is 18.8. The number of benzene rings is 2. The molecule has 2 aromatic rings. The van der Waals surface area contributed by atoms with Crippen LogP contribution in [-0.4, -0.2) is 84.3 Å². The van der Waals surface area contributed by atoms with Crippen molar-refractivity contribution in [2.24, 2.45) is 0 Å². The number of halogens is 1. The van der Waals surface area contributed by atoms with Crippen LogP contribution in [0.2, 0.25) is 0 Å². The molecule has 0 aliphatic carbocycles. The third kappa shape index (κ3) is 4.01. The number of para-hydroxylation sites is 1. The summed E-state index contributed by atoms with van der Waals surface area (Å²) in [5, 5.41) is 5.78. The molecular weight excluding hydrogens is 413 g/mol. The summed E-state index contributed by atoms with van der Waals surface area (Å²) in [6.07, 6.45) is 0. The van der Waals surface area contributed by atoms with Gasteiger partial charge in [-0.25, -0.2) is 14.0 Å². The molecule has 2 aromatic carbocycles. The molecule has 0 aromatic heterocycles. The smallest absolute Gasteiger partial charge is 0.321 e. The molecule has 9 heteroatoms. The van der Waals surface area contributed by atoms with Gasteiger partial charge in [0.25, 0.3) is 0 Å². The summed E-state index contributed by atoms with van der Waals surface area (Å²) in [5.74, 6) is -0.347. The Morgan fingerprint density at radius 1 is 0.906 bits per heavy atom. The lowest BCUT2D eigenvalue weighted by Crippen LogP contribution is -2.81. The van der Waals surface area contributed by atoms with Crippen molar-refractivity contribution in [1.29, 1.82) is 0 Å². The van der Waals surface area contributed by atoms with Gasteiger partial charge in [-0.05, 0) is 36.4 Å². The molecule has 32 heavy (non-hydrogen) atoms. The fraction of sp³-hybridized carbons (Fsp3) is 0.391. The molecule has 0 saturated carbocycles. The SMILES string of the molecule is O=C(Nc1ccccc1)N1CC2COCCN2C2(C1)CN(C(=O)Nc1ccc(F)cc1)C2. The number of nitrogens with one attached hydrogen (secondary N) is 2. The molecule has 1 spiro atoms. The van der Waals surface area contributed by atoms with E-state index in [9.17, 15) is 14.0 Å². The van der Waals surface area contributed by atoms with E-state index in [2.05, 4.69) is 15.5 Å². The molecule has 3 heterocycles. The van der Waals surface area contributed by atoms with Crippen LogP contribution in [0.4, 0.5) is 25.4 Å². The van der Waals surface area contributed by atoms with Crippen LogP contribution in [0.3, 0.4) is 0 Å². The van der Waals surface area contributed by atoms with E-state index in [-0.39, 0.29) is 29.5 Å². The fourth-order valence-corrected chi connectivity index (χ4v) is 4.90. The Bertz CT molecular complexity index is 981. The first-order valence-electron chi connectivity index (χ1n) is 10.8. The van der Waals surface area contributed by atoms with E-state index in [1.807, 2.05) is 35.2 Å². The minimum Gasteiger partial charge on any atom is -0.378 e. The van der Waals surface area contributed by atoms with Gasteiger partial charge in [0.05, 0.1) is 24.8 Å². The Labute approximate surface area is 185 Å². The lowest BCUT2D eigenvalue weighted by atomic mass is 9.83. The van der Waals surface area contributed by atoms with Gasteiger partial charge >= 0.3 is 12.1 Å². The second-order valence-corrected chi connectivity index (χ2v) is 8.62. The number of carbonyl (C=O) groups excluding carboxylic acids is 2. The van der Waals surface area contributed by atoms with Gasteiger partial charge in [-0.2, -0.15) is 0 Å². The zero-order valence-corrected chi connectivity index (χ0v) is 17.7. The largest absolute Gasteiger partial charge is 0.378 e. The average molecular weight is 439 g/mol. The van der Waals surface area contributed by atoms with Gasteiger partial charge in [0.15, 0.2) is 0 Å². The second kappa shape index (κ2) is 8.40. The predicted molar refractivity (Wildman–Crippen MR) is 118 cm³/mol. The molecule has 1 unspecified atom stereocenters. The van der Waals surface area contributed by atoms with E-state index in [4.69, 9.17) is 4.74 Å². The van der Waals surface area contributed by atoms with Crippen LogP contribution in [0.1, 0.15) is 0 Å². The van der Waals surface area contributed by atoms with Crippen LogP contribution in [0, 0.1) is 5.82 Å². The monoisotopic (exact) mass is 439 g/mol. The maximum atomic E-state index is 13.1. The van der Waals surface area contributed by atoms with Gasteiger partial charge < -0.3 is 25.2 Å². The standard InChI is InChI=1S/C23H26FN5O3/c24-17-6-8-19(9-7-17)26-22(31)28-15-23(16-28)14-27(12-20-13-32-11-10-29(20)23)21(30)25-18-4-2-1-3-5-18/h1-9,20H,10-16H2,(H,25,30)(H,26,31). The molecule has 3 aliphatic rings. The minimum atomic E-state index is -0.347. The van der Waals surface area contributed by atoms with Crippen molar-refractivity contribution in [2.75, 3.05) is 56.6 Å². The van der Waals surface area contributed by atoms with Crippen molar-refractivity contribution in [2.45, 2.75) is 11.6 Å². The second-order valence-electron chi connectivity index (χ2n) is 8.62. The third-order valence-electron chi connectivity index (χ3n) is 6.42. The van der Waals surface area contributed by atoms with Crippen LogP contribution in [0.15, 0.2) is 54.6 Å². The molecule has 4 amide bonds. The number of rotatable bonds is 2. The van der Waals surface area contributed by atoms with E-state index in [1.54, 1.807) is 4.90 Å². The van der Waals surface area contributed by atoms with Gasteiger partial charge in [0, 0.05) is 44.1 Å². The first kappa shape index (κ1) is 20.7. The van der Waals surface area contributed by atoms with Crippen molar-refractivity contribution in [1.82, 2.24) is 14.7 Å². The zero-order valence-electron chi connectivity index (χ0n) is 17.7. The van der Waals surface area contributed by atoms with Crippen LogP contribution in [0.5, 0.6) is 0 Å². The number of ether oxygens (including phenoxy) is 1. The fourth-order valence-electron chi connectivity index (χ4n) is 4.90. The van der Waals surface area contributed by atoms with Crippen LogP contribution >= 0.6 is 0 Å². The first-order valence-corrected chi connectivity index (χ1v) is 10.8. The van der Waals surface area contributed by atoms with Crippen molar-refractivity contribution < 1.29 is 18.7 Å². The highest BCUT2D eigenvalue weighted by Gasteiger charge is 2.56. The van der Waals surface area contributed by atoms with E-state index >= 15 is 0 Å². The van der Waals surface area contributed by atoms with Crippen molar-refractivity contribution in [3.8, 4) is 0 Å². The summed E-state index contributed by atoms with van der Waals surface area (Å²) in [6.45, 7) is 4.17. The van der Waals surface area contributed by atoms with Gasteiger partial charge in [-0.3, -0.25) is 4.90 Å². The first-order chi connectivity index (χ1) is 15.5. The van der Waals surface area contributed by atoms with Gasteiger partial charge in [-0.15, -0.1) is 0 Å². The minimum absolute atomic E-state index is 0.0985. The Hall–Kier alpha value is -3.17. The number of urea groups is 2. The highest BCUT2D eigenvalue weighted by atomic mass is 19.1. The number of morpholine rings is 1. The normalized spacial score (nSPS) is 22.1. The van der Waals surface area contributed by atoms with E-state index in [0.717, 1.165) is 12.2 Å². The summed E-state index contributed by atoms with van der Waals surface area (Å²) in [4.78, 5) is 31.7. The van der Waals surface area contributed by atoms with Crippen molar-refractivity contribution >= 4 is 23.4 Å². The van der Waals surface area contributed by atoms with Crippen LogP contribution in [-0.2, 0) is 4.74 Å². The lowest BCUT2D eigenvalue weighted by molar-refractivity contribution is -0.145. The molecule has 3 saturated heterocycles.